The van der Waals surface area contributed by atoms with Crippen LogP contribution in [0.25, 0.3) is 10.6 Å². The number of nitrogens with zero attached hydrogens (tertiary/aromatic N) is 2. The molecule has 1 saturated heterocycles. The molecule has 0 aliphatic carbocycles. The van der Waals surface area contributed by atoms with Gasteiger partial charge in [-0.15, -0.1) is 11.3 Å². The summed E-state index contributed by atoms with van der Waals surface area (Å²) in [5, 5.41) is 3.74. The van der Waals surface area contributed by atoms with Crippen molar-refractivity contribution in [2.45, 2.75) is 25.8 Å². The minimum absolute atomic E-state index is 0.000998. The number of aryl methyl sites for hydroxylation is 1. The third-order valence-corrected chi connectivity index (χ3v) is 6.15. The normalized spacial score (nSPS) is 14.8. The average Bonchev–Trinajstić information content (AvgIpc) is 3.39. The van der Waals surface area contributed by atoms with Gasteiger partial charge in [-0.25, -0.2) is 9.37 Å². The molecule has 1 fully saturated rings. The van der Waals surface area contributed by atoms with Gasteiger partial charge >= 0.3 is 0 Å². The number of thiazole rings is 1. The molecule has 0 saturated carbocycles. The van der Waals surface area contributed by atoms with Gasteiger partial charge in [0.25, 0.3) is 11.8 Å². The molecule has 1 aromatic carbocycles. The van der Waals surface area contributed by atoms with Crippen LogP contribution in [-0.4, -0.2) is 40.8 Å². The summed E-state index contributed by atoms with van der Waals surface area (Å²) in [7, 11) is 0. The second-order valence-electron chi connectivity index (χ2n) is 6.96. The maximum Gasteiger partial charge on any atom is 0.289 e. The van der Waals surface area contributed by atoms with E-state index in [9.17, 15) is 14.0 Å². The Labute approximate surface area is 171 Å². The van der Waals surface area contributed by atoms with Crippen molar-refractivity contribution in [3.05, 3.63) is 64.8 Å². The number of halogens is 1. The lowest BCUT2D eigenvalue weighted by atomic mass is 10.0. The van der Waals surface area contributed by atoms with E-state index in [1.807, 2.05) is 0 Å². The lowest BCUT2D eigenvalue weighted by Crippen LogP contribution is -2.46. The average molecular weight is 413 g/mol. The summed E-state index contributed by atoms with van der Waals surface area (Å²) in [6.07, 6.45) is 2.85. The van der Waals surface area contributed by atoms with Gasteiger partial charge < -0.3 is 14.6 Å². The zero-order chi connectivity index (χ0) is 20.4. The van der Waals surface area contributed by atoms with Crippen molar-refractivity contribution in [3.8, 4) is 10.6 Å². The number of nitrogens with one attached hydrogen (secondary N) is 1. The van der Waals surface area contributed by atoms with Gasteiger partial charge in [-0.1, -0.05) is 0 Å². The van der Waals surface area contributed by atoms with Crippen LogP contribution in [0.5, 0.6) is 0 Å². The Kier molecular flexibility index (Phi) is 5.44. The Bertz CT molecular complexity index is 1010. The largest absolute Gasteiger partial charge is 0.459 e. The fourth-order valence-corrected chi connectivity index (χ4v) is 4.33. The molecule has 1 N–H and O–H groups in total. The van der Waals surface area contributed by atoms with Gasteiger partial charge in [0.2, 0.25) is 0 Å². The topological polar surface area (TPSA) is 75.4 Å². The summed E-state index contributed by atoms with van der Waals surface area (Å²) in [5.74, 6) is -0.260. The molecule has 3 aromatic rings. The molecule has 4 rings (SSSR count). The van der Waals surface area contributed by atoms with Gasteiger partial charge in [-0.3, -0.25) is 9.59 Å². The molecular weight excluding hydrogens is 393 g/mol. The van der Waals surface area contributed by atoms with Gasteiger partial charge in [0.05, 0.1) is 12.0 Å². The molecule has 0 radical (unpaired) electrons. The third kappa shape index (κ3) is 4.22. The molecule has 1 aliphatic rings. The van der Waals surface area contributed by atoms with E-state index in [4.69, 9.17) is 4.42 Å². The van der Waals surface area contributed by atoms with Crippen LogP contribution in [0.2, 0.25) is 0 Å². The van der Waals surface area contributed by atoms with Crippen LogP contribution in [-0.2, 0) is 0 Å². The Morgan fingerprint density at radius 2 is 1.93 bits per heavy atom. The number of aromatic nitrogens is 1. The van der Waals surface area contributed by atoms with Gasteiger partial charge in [-0.05, 0) is 56.2 Å². The van der Waals surface area contributed by atoms with E-state index in [0.717, 1.165) is 5.56 Å². The molecule has 0 bridgehead atoms. The zero-order valence-electron chi connectivity index (χ0n) is 15.9. The minimum Gasteiger partial charge on any atom is -0.459 e. The van der Waals surface area contributed by atoms with Crippen molar-refractivity contribution >= 4 is 23.2 Å². The van der Waals surface area contributed by atoms with E-state index < -0.39 is 0 Å². The van der Waals surface area contributed by atoms with Crippen LogP contribution < -0.4 is 5.32 Å². The maximum atomic E-state index is 13.1. The molecule has 0 spiro atoms. The van der Waals surface area contributed by atoms with Crippen molar-refractivity contribution in [3.63, 3.8) is 0 Å². The minimum atomic E-state index is -0.308. The highest BCUT2D eigenvalue weighted by atomic mass is 32.1. The molecule has 6 nitrogen and oxygen atoms in total. The highest BCUT2D eigenvalue weighted by Crippen LogP contribution is 2.28. The molecule has 2 aromatic heterocycles. The number of benzene rings is 1. The van der Waals surface area contributed by atoms with Crippen molar-refractivity contribution in [1.82, 2.24) is 15.2 Å². The van der Waals surface area contributed by atoms with E-state index in [1.54, 1.807) is 36.1 Å². The van der Waals surface area contributed by atoms with Crippen molar-refractivity contribution in [1.29, 1.82) is 0 Å². The first-order chi connectivity index (χ1) is 14.0. The second kappa shape index (κ2) is 8.16. The highest BCUT2D eigenvalue weighted by molar-refractivity contribution is 7.17. The fraction of sp³-hybridized carbons (Fsp3) is 0.286. The molecule has 150 valence electrons. The molecular formula is C21H20FN3O3S. The van der Waals surface area contributed by atoms with Crippen LogP contribution in [0.15, 0.2) is 47.1 Å². The van der Waals surface area contributed by atoms with E-state index in [-0.39, 0.29) is 23.7 Å². The summed E-state index contributed by atoms with van der Waals surface area (Å²) in [4.78, 5) is 31.8. The lowest BCUT2D eigenvalue weighted by molar-refractivity contribution is 0.0667. The SMILES string of the molecule is Cc1nc(-c2ccc(F)cc2)sc1C(=O)NC1CCN(C(=O)c2ccco2)CC1. The number of carbonyl (C=O) groups is 2. The summed E-state index contributed by atoms with van der Waals surface area (Å²) in [6, 6.07) is 9.41. The predicted octanol–water partition coefficient (Wildman–Crippen LogP) is 3.89. The van der Waals surface area contributed by atoms with E-state index in [2.05, 4.69) is 10.3 Å². The monoisotopic (exact) mass is 413 g/mol. The van der Waals surface area contributed by atoms with Crippen molar-refractivity contribution in [2.24, 2.45) is 0 Å². The molecule has 0 atom stereocenters. The first-order valence-electron chi connectivity index (χ1n) is 9.38. The molecule has 0 unspecified atom stereocenters. The van der Waals surface area contributed by atoms with Gasteiger partial charge in [0.15, 0.2) is 5.76 Å². The second-order valence-corrected chi connectivity index (χ2v) is 7.96. The Hall–Kier alpha value is -3.00. The molecule has 2 amide bonds. The predicted molar refractivity (Wildman–Crippen MR) is 107 cm³/mol. The highest BCUT2D eigenvalue weighted by Gasteiger charge is 2.27. The molecule has 1 aliphatic heterocycles. The third-order valence-electron chi connectivity index (χ3n) is 4.94. The number of hydrogen-bond donors (Lipinski definition) is 1. The van der Waals surface area contributed by atoms with Crippen molar-refractivity contribution < 1.29 is 18.4 Å². The molecule has 29 heavy (non-hydrogen) atoms. The Morgan fingerprint density at radius 1 is 1.21 bits per heavy atom. The lowest BCUT2D eigenvalue weighted by Gasteiger charge is -2.31. The summed E-state index contributed by atoms with van der Waals surface area (Å²) >= 11 is 1.30. The zero-order valence-corrected chi connectivity index (χ0v) is 16.7. The maximum absolute atomic E-state index is 13.1. The Morgan fingerprint density at radius 3 is 2.59 bits per heavy atom. The fourth-order valence-electron chi connectivity index (χ4n) is 3.36. The van der Waals surface area contributed by atoms with Crippen LogP contribution in [0.3, 0.4) is 0 Å². The van der Waals surface area contributed by atoms with Gasteiger partial charge in [-0.2, -0.15) is 0 Å². The van der Waals surface area contributed by atoms with Gasteiger partial charge in [0, 0.05) is 24.7 Å². The summed E-state index contributed by atoms with van der Waals surface area (Å²) < 4.78 is 18.3. The van der Waals surface area contributed by atoms with Crippen molar-refractivity contribution in [2.75, 3.05) is 13.1 Å². The molecule has 3 heterocycles. The number of likely N-dealkylation sites (tertiary alicyclic amines) is 1. The number of hydrogen-bond acceptors (Lipinski definition) is 5. The van der Waals surface area contributed by atoms with Crippen LogP contribution in [0.4, 0.5) is 4.39 Å². The van der Waals surface area contributed by atoms with E-state index in [0.29, 0.717) is 47.3 Å². The number of rotatable bonds is 4. The van der Waals surface area contributed by atoms with Crippen LogP contribution >= 0.6 is 11.3 Å². The van der Waals surface area contributed by atoms with E-state index >= 15 is 0 Å². The first kappa shape index (κ1) is 19.3. The van der Waals surface area contributed by atoms with Gasteiger partial charge in [0.1, 0.15) is 15.7 Å². The number of piperidine rings is 1. The smallest absolute Gasteiger partial charge is 0.289 e. The first-order valence-corrected chi connectivity index (χ1v) is 10.2. The van der Waals surface area contributed by atoms with Crippen LogP contribution in [0, 0.1) is 12.7 Å². The standard InChI is InChI=1S/C21H20FN3O3S/c1-13-18(29-20(23-13)14-4-6-15(22)7-5-14)19(26)24-16-8-10-25(11-9-16)21(27)17-3-2-12-28-17/h2-7,12,16H,8-11H2,1H3,(H,24,26). The molecule has 8 heteroatoms. The Balaban J connectivity index is 1.37. The summed E-state index contributed by atoms with van der Waals surface area (Å²) in [6.45, 7) is 2.92. The number of furan rings is 1. The van der Waals surface area contributed by atoms with Crippen LogP contribution in [0.1, 0.15) is 38.8 Å². The number of amides is 2. The van der Waals surface area contributed by atoms with E-state index in [1.165, 1.54) is 29.7 Å². The number of carbonyl (C=O) groups excluding carboxylic acids is 2. The quantitative estimate of drug-likeness (QED) is 0.704. The summed E-state index contributed by atoms with van der Waals surface area (Å²) in [5.41, 5.74) is 1.43.